The molecule has 1 amide bonds. The molecule has 0 aromatic heterocycles. The number of nitrogens with one attached hydrogen (secondary N) is 1. The quantitative estimate of drug-likeness (QED) is 0.284. The van der Waals surface area contributed by atoms with Gasteiger partial charge in [0, 0.05) is 17.2 Å². The first kappa shape index (κ1) is 26.8. The third-order valence-corrected chi connectivity index (χ3v) is 7.09. The number of hydrogen-bond acceptors (Lipinski definition) is 6. The highest BCUT2D eigenvalue weighted by Crippen LogP contribution is 2.43. The number of aromatic hydroxyl groups is 1. The second-order valence-electron chi connectivity index (χ2n) is 9.81. The molecular weight excluding hydrogens is 482 g/mol. The van der Waals surface area contributed by atoms with E-state index in [1.54, 1.807) is 49.6 Å². The zero-order valence-electron chi connectivity index (χ0n) is 22.4. The minimum Gasteiger partial charge on any atom is -0.507 e. The number of carbonyl (C=O) groups is 2. The number of fused-ring (bicyclic) bond motifs is 1. The normalized spacial score (nSPS) is 16.4. The summed E-state index contributed by atoms with van der Waals surface area (Å²) >= 11 is 0. The number of benzene rings is 3. The Kier molecular flexibility index (Phi) is 7.76. The third-order valence-electron chi connectivity index (χ3n) is 7.09. The summed E-state index contributed by atoms with van der Waals surface area (Å²) in [6.07, 6.45) is 5.30. The van der Waals surface area contributed by atoms with E-state index in [0.717, 1.165) is 46.4 Å². The fraction of sp³-hybridized carbons (Fsp3) is 0.290. The fourth-order valence-corrected chi connectivity index (χ4v) is 4.59. The van der Waals surface area contributed by atoms with Gasteiger partial charge in [0.05, 0.1) is 12.8 Å². The molecule has 0 radical (unpaired) electrons. The van der Waals surface area contributed by atoms with Crippen molar-refractivity contribution in [2.75, 3.05) is 19.0 Å². The number of para-hydroxylation sites is 1. The lowest BCUT2D eigenvalue weighted by molar-refractivity contribution is -0.111. The number of carbonyl (C=O) groups excluding carboxylic acids is 2. The van der Waals surface area contributed by atoms with E-state index in [0.29, 0.717) is 41.4 Å². The van der Waals surface area contributed by atoms with E-state index in [9.17, 15) is 14.7 Å². The molecule has 1 aliphatic rings. The Bertz CT molecular complexity index is 1410. The maximum atomic E-state index is 12.4. The number of phenols is 1. The standard InChI is InChI=1S/C31H33NO6/c1-19-20(2)30-24(21(3)29(19)35)14-15-31(4,38-30)18-37-26-12-10-22(16-27(26)36-5)11-13-28(34)32-25-9-7-6-8-23(25)17-33/h6-13,16-17,35H,14-15,18H2,1-5H3,(H,32,34)/b13-11+. The molecule has 2 N–H and O–H groups in total. The van der Waals surface area contributed by atoms with Gasteiger partial charge in [-0.15, -0.1) is 0 Å². The molecule has 0 spiro atoms. The van der Waals surface area contributed by atoms with Crippen LogP contribution in [0.2, 0.25) is 0 Å². The summed E-state index contributed by atoms with van der Waals surface area (Å²) in [7, 11) is 1.56. The number of hydrogen-bond donors (Lipinski definition) is 2. The number of methoxy groups -OCH3 is 1. The van der Waals surface area contributed by atoms with Gasteiger partial charge in [-0.05, 0) is 93.1 Å². The molecule has 0 saturated carbocycles. The van der Waals surface area contributed by atoms with Crippen molar-refractivity contribution < 1.29 is 28.9 Å². The number of amides is 1. The summed E-state index contributed by atoms with van der Waals surface area (Å²) in [5.41, 5.74) is 4.77. The molecule has 198 valence electrons. The maximum absolute atomic E-state index is 12.4. The summed E-state index contributed by atoms with van der Waals surface area (Å²) < 4.78 is 18.2. The smallest absolute Gasteiger partial charge is 0.248 e. The fourth-order valence-electron chi connectivity index (χ4n) is 4.59. The molecule has 0 fully saturated rings. The van der Waals surface area contributed by atoms with Gasteiger partial charge in [-0.1, -0.05) is 18.2 Å². The highest BCUT2D eigenvalue weighted by atomic mass is 16.6. The van der Waals surface area contributed by atoms with Crippen LogP contribution in [-0.2, 0) is 11.2 Å². The Hall–Kier alpha value is -4.26. The van der Waals surface area contributed by atoms with Crippen LogP contribution in [0.3, 0.4) is 0 Å². The van der Waals surface area contributed by atoms with E-state index >= 15 is 0 Å². The second kappa shape index (κ2) is 11.0. The Morgan fingerprint density at radius 2 is 1.87 bits per heavy atom. The van der Waals surface area contributed by atoms with Gasteiger partial charge in [0.2, 0.25) is 5.91 Å². The molecule has 0 bridgehead atoms. The van der Waals surface area contributed by atoms with Crippen LogP contribution in [0.4, 0.5) is 5.69 Å². The lowest BCUT2D eigenvalue weighted by Gasteiger charge is -2.37. The van der Waals surface area contributed by atoms with Crippen LogP contribution in [0, 0.1) is 20.8 Å². The van der Waals surface area contributed by atoms with Gasteiger partial charge in [0.25, 0.3) is 0 Å². The second-order valence-corrected chi connectivity index (χ2v) is 9.81. The molecule has 3 aromatic rings. The van der Waals surface area contributed by atoms with E-state index < -0.39 is 5.60 Å². The van der Waals surface area contributed by atoms with Gasteiger partial charge in [-0.25, -0.2) is 0 Å². The molecule has 1 atom stereocenters. The molecule has 1 heterocycles. The molecule has 4 rings (SSSR count). The molecule has 7 heteroatoms. The molecule has 1 unspecified atom stereocenters. The third kappa shape index (κ3) is 5.52. The molecule has 0 saturated heterocycles. The van der Waals surface area contributed by atoms with Gasteiger partial charge in [0.15, 0.2) is 17.8 Å². The van der Waals surface area contributed by atoms with Crippen molar-refractivity contribution in [2.45, 2.75) is 46.1 Å². The number of aldehydes is 1. The Labute approximate surface area is 223 Å². The van der Waals surface area contributed by atoms with Crippen LogP contribution in [0.25, 0.3) is 6.08 Å². The first-order valence-corrected chi connectivity index (χ1v) is 12.5. The lowest BCUT2D eigenvalue weighted by Crippen LogP contribution is -2.42. The predicted octanol–water partition coefficient (Wildman–Crippen LogP) is 5.95. The summed E-state index contributed by atoms with van der Waals surface area (Å²) in [6.45, 7) is 8.14. The number of ether oxygens (including phenoxy) is 3. The molecule has 0 aliphatic carbocycles. The van der Waals surface area contributed by atoms with E-state index in [1.807, 2.05) is 33.8 Å². The predicted molar refractivity (Wildman–Crippen MR) is 148 cm³/mol. The highest BCUT2D eigenvalue weighted by Gasteiger charge is 2.35. The van der Waals surface area contributed by atoms with Crippen molar-refractivity contribution in [1.29, 1.82) is 0 Å². The number of phenolic OH excluding ortho intramolecular Hbond substituents is 1. The Morgan fingerprint density at radius 1 is 1.11 bits per heavy atom. The van der Waals surface area contributed by atoms with Crippen LogP contribution in [0.15, 0.2) is 48.5 Å². The topological polar surface area (TPSA) is 94.1 Å². The average molecular weight is 516 g/mol. The van der Waals surface area contributed by atoms with Crippen LogP contribution in [0.5, 0.6) is 23.0 Å². The van der Waals surface area contributed by atoms with Crippen molar-refractivity contribution in [3.8, 4) is 23.0 Å². The van der Waals surface area contributed by atoms with E-state index in [2.05, 4.69) is 5.32 Å². The van der Waals surface area contributed by atoms with Gasteiger partial charge < -0.3 is 24.6 Å². The number of anilines is 1. The zero-order chi connectivity index (χ0) is 27.4. The van der Waals surface area contributed by atoms with Crippen molar-refractivity contribution in [3.05, 3.63) is 81.9 Å². The van der Waals surface area contributed by atoms with Crippen molar-refractivity contribution >= 4 is 24.0 Å². The minimum atomic E-state index is -0.549. The molecule has 3 aromatic carbocycles. The summed E-state index contributed by atoms with van der Waals surface area (Å²) in [5, 5.41) is 13.1. The summed E-state index contributed by atoms with van der Waals surface area (Å²) in [5.74, 6) is 1.92. The molecule has 7 nitrogen and oxygen atoms in total. The SMILES string of the molecule is COc1cc(/C=C/C(=O)Nc2ccccc2C=O)ccc1OCC1(C)CCc2c(C)c(O)c(C)c(C)c2O1. The molecular formula is C31H33NO6. The van der Waals surface area contributed by atoms with Gasteiger partial charge in [0.1, 0.15) is 23.7 Å². The van der Waals surface area contributed by atoms with Crippen LogP contribution in [0.1, 0.15) is 51.5 Å². The summed E-state index contributed by atoms with van der Waals surface area (Å²) in [6, 6.07) is 12.2. The Balaban J connectivity index is 1.44. The first-order chi connectivity index (χ1) is 18.2. The van der Waals surface area contributed by atoms with Crippen molar-refractivity contribution in [2.24, 2.45) is 0 Å². The average Bonchev–Trinajstić information content (AvgIpc) is 2.93. The monoisotopic (exact) mass is 515 g/mol. The van der Waals surface area contributed by atoms with Gasteiger partial charge in [-0.3, -0.25) is 9.59 Å². The minimum absolute atomic E-state index is 0.314. The lowest BCUT2D eigenvalue weighted by atomic mass is 9.87. The summed E-state index contributed by atoms with van der Waals surface area (Å²) in [4.78, 5) is 23.5. The van der Waals surface area contributed by atoms with Crippen LogP contribution in [-0.4, -0.2) is 36.6 Å². The number of rotatable bonds is 8. The van der Waals surface area contributed by atoms with Gasteiger partial charge >= 0.3 is 0 Å². The zero-order valence-corrected chi connectivity index (χ0v) is 22.4. The van der Waals surface area contributed by atoms with E-state index in [4.69, 9.17) is 14.2 Å². The maximum Gasteiger partial charge on any atom is 0.248 e. The van der Waals surface area contributed by atoms with E-state index in [1.165, 1.54) is 6.08 Å². The first-order valence-electron chi connectivity index (χ1n) is 12.5. The Morgan fingerprint density at radius 3 is 2.61 bits per heavy atom. The van der Waals surface area contributed by atoms with Gasteiger partial charge in [-0.2, -0.15) is 0 Å². The van der Waals surface area contributed by atoms with Crippen molar-refractivity contribution in [1.82, 2.24) is 0 Å². The van der Waals surface area contributed by atoms with Crippen molar-refractivity contribution in [3.63, 3.8) is 0 Å². The van der Waals surface area contributed by atoms with Crippen LogP contribution >= 0.6 is 0 Å². The van der Waals surface area contributed by atoms with E-state index in [-0.39, 0.29) is 5.91 Å². The molecule has 1 aliphatic heterocycles. The highest BCUT2D eigenvalue weighted by molar-refractivity contribution is 6.04. The molecule has 38 heavy (non-hydrogen) atoms. The largest absolute Gasteiger partial charge is 0.507 e. The van der Waals surface area contributed by atoms with Crippen LogP contribution < -0.4 is 19.5 Å².